The van der Waals surface area contributed by atoms with Gasteiger partial charge >= 0.3 is 0 Å². The number of fused-ring (bicyclic) bond motifs is 1. The lowest BCUT2D eigenvalue weighted by atomic mass is 9.70. The fourth-order valence-electron chi connectivity index (χ4n) is 5.38. The average Bonchev–Trinajstić information content (AvgIpc) is 3.29. The van der Waals surface area contributed by atoms with E-state index in [2.05, 4.69) is 17.6 Å². The van der Waals surface area contributed by atoms with Gasteiger partial charge in [0.15, 0.2) is 0 Å². The van der Waals surface area contributed by atoms with Crippen molar-refractivity contribution in [3.8, 4) is 0 Å². The summed E-state index contributed by atoms with van der Waals surface area (Å²) in [7, 11) is 1.57. The van der Waals surface area contributed by atoms with Crippen LogP contribution in [0.3, 0.4) is 0 Å². The second-order valence-electron chi connectivity index (χ2n) is 8.33. The number of amides is 3. The minimum atomic E-state index is -0.922. The third-order valence-corrected chi connectivity index (χ3v) is 6.52. The summed E-state index contributed by atoms with van der Waals surface area (Å²) in [6, 6.07) is -0.710. The first-order valence-electron chi connectivity index (χ1n) is 10.5. The normalized spacial score (nSPS) is 34.4. The summed E-state index contributed by atoms with van der Waals surface area (Å²) in [6.07, 6.45) is 3.96. The predicted molar refractivity (Wildman–Crippen MR) is 102 cm³/mol. The van der Waals surface area contributed by atoms with E-state index in [1.54, 1.807) is 11.9 Å². The van der Waals surface area contributed by atoms with E-state index in [0.29, 0.717) is 32.2 Å². The van der Waals surface area contributed by atoms with E-state index in [1.165, 1.54) is 0 Å². The second-order valence-corrected chi connectivity index (χ2v) is 8.33. The number of likely N-dealkylation sites (tertiary alicyclic amines) is 1. The summed E-state index contributed by atoms with van der Waals surface area (Å²) in [5.74, 6) is -1.72. The maximum absolute atomic E-state index is 13.3. The highest BCUT2D eigenvalue weighted by atomic mass is 16.5. The first kappa shape index (κ1) is 21.0. The molecule has 0 aromatic heterocycles. The molecule has 3 saturated heterocycles. The van der Waals surface area contributed by atoms with Crippen molar-refractivity contribution in [3.63, 3.8) is 0 Å². The van der Waals surface area contributed by atoms with Gasteiger partial charge < -0.3 is 25.4 Å². The van der Waals surface area contributed by atoms with Crippen molar-refractivity contribution in [2.75, 3.05) is 20.2 Å². The lowest BCUT2D eigenvalue weighted by Crippen LogP contribution is -2.56. The predicted octanol–water partition coefficient (Wildman–Crippen LogP) is 0.184. The Morgan fingerprint density at radius 2 is 2.11 bits per heavy atom. The third-order valence-electron chi connectivity index (χ3n) is 6.52. The molecule has 3 N–H and O–H groups in total. The van der Waals surface area contributed by atoms with Gasteiger partial charge in [-0.2, -0.15) is 0 Å². The molecule has 3 unspecified atom stereocenters. The van der Waals surface area contributed by atoms with Gasteiger partial charge in [-0.25, -0.2) is 0 Å². The van der Waals surface area contributed by atoms with Crippen LogP contribution in [-0.4, -0.2) is 71.7 Å². The van der Waals surface area contributed by atoms with Gasteiger partial charge in [-0.1, -0.05) is 13.3 Å². The molecule has 0 aliphatic carbocycles. The SMILES string of the molecule is CCCC(C)NC(=O)C1N(CCCCO)C(=O)[C@@H]2[C@@H](C(=O)NC)[C@H]3CCC12O3. The van der Waals surface area contributed by atoms with Gasteiger partial charge in [0.05, 0.1) is 17.9 Å². The maximum atomic E-state index is 13.3. The highest BCUT2D eigenvalue weighted by molar-refractivity contribution is 5.98. The van der Waals surface area contributed by atoms with Crippen molar-refractivity contribution < 1.29 is 24.2 Å². The van der Waals surface area contributed by atoms with Crippen molar-refractivity contribution in [2.24, 2.45) is 11.8 Å². The average molecular weight is 396 g/mol. The van der Waals surface area contributed by atoms with Crippen LogP contribution < -0.4 is 10.6 Å². The van der Waals surface area contributed by atoms with E-state index in [0.717, 1.165) is 12.8 Å². The number of unbranched alkanes of at least 4 members (excludes halogenated alkanes) is 1. The van der Waals surface area contributed by atoms with Crippen molar-refractivity contribution in [1.82, 2.24) is 15.5 Å². The zero-order valence-corrected chi connectivity index (χ0v) is 17.1. The van der Waals surface area contributed by atoms with Crippen LogP contribution in [0.5, 0.6) is 0 Å². The number of rotatable bonds is 9. The van der Waals surface area contributed by atoms with Gasteiger partial charge in [0, 0.05) is 26.2 Å². The molecule has 0 radical (unpaired) electrons. The molecule has 6 atom stereocenters. The quantitative estimate of drug-likeness (QED) is 0.483. The number of hydrogen-bond donors (Lipinski definition) is 3. The fraction of sp³-hybridized carbons (Fsp3) is 0.850. The molecular weight excluding hydrogens is 362 g/mol. The van der Waals surface area contributed by atoms with Gasteiger partial charge in [-0.15, -0.1) is 0 Å². The van der Waals surface area contributed by atoms with Crippen LogP contribution in [0.25, 0.3) is 0 Å². The molecule has 3 aliphatic heterocycles. The molecule has 0 aromatic carbocycles. The number of aliphatic hydroxyl groups is 1. The monoisotopic (exact) mass is 395 g/mol. The van der Waals surface area contributed by atoms with Crippen molar-refractivity contribution in [2.45, 2.75) is 76.2 Å². The topological polar surface area (TPSA) is 108 Å². The highest BCUT2D eigenvalue weighted by Gasteiger charge is 2.74. The zero-order chi connectivity index (χ0) is 20.5. The van der Waals surface area contributed by atoms with Crippen molar-refractivity contribution in [3.05, 3.63) is 0 Å². The van der Waals surface area contributed by atoms with Gasteiger partial charge in [-0.05, 0) is 39.0 Å². The van der Waals surface area contributed by atoms with E-state index >= 15 is 0 Å². The Bertz CT molecular complexity index is 627. The molecule has 28 heavy (non-hydrogen) atoms. The van der Waals surface area contributed by atoms with Crippen molar-refractivity contribution in [1.29, 1.82) is 0 Å². The van der Waals surface area contributed by atoms with Crippen LogP contribution in [-0.2, 0) is 19.1 Å². The summed E-state index contributed by atoms with van der Waals surface area (Å²) in [4.78, 5) is 40.7. The molecule has 158 valence electrons. The Morgan fingerprint density at radius 3 is 2.75 bits per heavy atom. The Hall–Kier alpha value is -1.67. The first-order valence-corrected chi connectivity index (χ1v) is 10.5. The van der Waals surface area contributed by atoms with Crippen molar-refractivity contribution >= 4 is 17.7 Å². The van der Waals surface area contributed by atoms with Crippen LogP contribution in [0.1, 0.15) is 52.4 Å². The smallest absolute Gasteiger partial charge is 0.246 e. The van der Waals surface area contributed by atoms with E-state index < -0.39 is 23.5 Å². The van der Waals surface area contributed by atoms with Gasteiger partial charge in [0.1, 0.15) is 11.6 Å². The number of hydrogen-bond acceptors (Lipinski definition) is 5. The Balaban J connectivity index is 1.91. The molecule has 0 saturated carbocycles. The number of nitrogens with zero attached hydrogens (tertiary/aromatic N) is 1. The summed E-state index contributed by atoms with van der Waals surface area (Å²) < 4.78 is 6.27. The summed E-state index contributed by atoms with van der Waals surface area (Å²) in [6.45, 7) is 4.45. The lowest BCUT2D eigenvalue weighted by Gasteiger charge is -2.34. The molecule has 3 amide bonds. The Kier molecular flexibility index (Phi) is 6.29. The minimum Gasteiger partial charge on any atom is -0.396 e. The number of aliphatic hydroxyl groups excluding tert-OH is 1. The van der Waals surface area contributed by atoms with E-state index in [9.17, 15) is 14.4 Å². The Morgan fingerprint density at radius 1 is 1.36 bits per heavy atom. The largest absolute Gasteiger partial charge is 0.396 e. The number of ether oxygens (including phenoxy) is 1. The van der Waals surface area contributed by atoms with Crippen LogP contribution in [0.15, 0.2) is 0 Å². The molecule has 3 fully saturated rings. The van der Waals surface area contributed by atoms with E-state index in [1.807, 2.05) is 6.92 Å². The minimum absolute atomic E-state index is 0.00989. The number of carbonyl (C=O) groups excluding carboxylic acids is 3. The number of nitrogens with one attached hydrogen (secondary N) is 2. The molecular formula is C20H33N3O5. The van der Waals surface area contributed by atoms with Crippen LogP contribution in [0, 0.1) is 11.8 Å². The Labute approximate surface area is 166 Å². The van der Waals surface area contributed by atoms with Crippen LogP contribution in [0.2, 0.25) is 0 Å². The molecule has 8 heteroatoms. The second kappa shape index (κ2) is 8.37. The fourth-order valence-corrected chi connectivity index (χ4v) is 5.38. The highest BCUT2D eigenvalue weighted by Crippen LogP contribution is 2.58. The maximum Gasteiger partial charge on any atom is 0.246 e. The molecule has 0 aromatic rings. The van der Waals surface area contributed by atoms with E-state index in [-0.39, 0.29) is 36.5 Å². The van der Waals surface area contributed by atoms with Gasteiger partial charge in [0.25, 0.3) is 0 Å². The molecule has 1 spiro atoms. The lowest BCUT2D eigenvalue weighted by molar-refractivity contribution is -0.142. The van der Waals surface area contributed by atoms with Crippen LogP contribution in [0.4, 0.5) is 0 Å². The standard InChI is InChI=1S/C20H33N3O5/c1-4-7-12(2)22-18(26)16-20-9-8-13(28-20)14(17(25)21-3)15(20)19(27)23(16)10-5-6-11-24/h12-16,24H,4-11H2,1-3H3,(H,21,25)(H,22,26)/t12?,13-,14+,15+,16?,20?/m1/s1. The first-order chi connectivity index (χ1) is 13.4. The molecule has 2 bridgehead atoms. The molecule has 3 rings (SSSR count). The summed E-state index contributed by atoms with van der Waals surface area (Å²) in [5.41, 5.74) is -0.922. The molecule has 8 nitrogen and oxygen atoms in total. The summed E-state index contributed by atoms with van der Waals surface area (Å²) in [5, 5.41) is 14.8. The third kappa shape index (κ3) is 3.30. The molecule has 3 heterocycles. The van der Waals surface area contributed by atoms with Gasteiger partial charge in [-0.3, -0.25) is 14.4 Å². The van der Waals surface area contributed by atoms with E-state index in [4.69, 9.17) is 9.84 Å². The number of carbonyl (C=O) groups is 3. The summed E-state index contributed by atoms with van der Waals surface area (Å²) >= 11 is 0. The van der Waals surface area contributed by atoms with Gasteiger partial charge in [0.2, 0.25) is 17.7 Å². The molecule has 3 aliphatic rings. The zero-order valence-electron chi connectivity index (χ0n) is 17.1. The van der Waals surface area contributed by atoms with Crippen LogP contribution >= 0.6 is 0 Å².